The number of hydrogen-bond acceptors (Lipinski definition) is 1. The predicted octanol–water partition coefficient (Wildman–Crippen LogP) is 2.68. The van der Waals surface area contributed by atoms with Gasteiger partial charge in [0.25, 0.3) is 6.43 Å². The average Bonchev–Trinajstić information content (AvgIpc) is 2.04. The molecule has 0 spiro atoms. The Labute approximate surface area is 82.4 Å². The molecule has 0 radical (unpaired) electrons. The molecule has 0 fully saturated rings. The molecular weight excluding hydrogens is 196 g/mol. The quantitative estimate of drug-likeness (QED) is 0.793. The summed E-state index contributed by atoms with van der Waals surface area (Å²) in [7, 11) is 0. The van der Waals surface area contributed by atoms with Crippen molar-refractivity contribution in [3.63, 3.8) is 0 Å². The van der Waals surface area contributed by atoms with E-state index in [1.165, 1.54) is 0 Å². The fraction of sp³-hybridized carbons (Fsp3) is 0.333. The smallest absolute Gasteiger partial charge is 0.257 e. The molecule has 1 aromatic carbocycles. The lowest BCUT2D eigenvalue weighted by Crippen LogP contribution is -2.18. The van der Waals surface area contributed by atoms with E-state index >= 15 is 0 Å². The zero-order chi connectivity index (χ0) is 9.14. The van der Waals surface area contributed by atoms with Crippen molar-refractivity contribution in [2.45, 2.75) is 19.4 Å². The monoisotopic (exact) mass is 207 g/mol. The van der Waals surface area contributed by atoms with Crippen molar-refractivity contribution in [3.05, 3.63) is 35.4 Å². The fourth-order valence-corrected chi connectivity index (χ4v) is 0.934. The molecule has 0 saturated heterocycles. The summed E-state index contributed by atoms with van der Waals surface area (Å²) >= 11 is 0. The van der Waals surface area contributed by atoms with Crippen LogP contribution in [0.4, 0.5) is 8.78 Å². The van der Waals surface area contributed by atoms with Crippen LogP contribution in [-0.4, -0.2) is 6.43 Å². The topological polar surface area (TPSA) is 26.0 Å². The summed E-state index contributed by atoms with van der Waals surface area (Å²) in [5.74, 6) is 0. The molecular formula is C9H12ClF2N. The van der Waals surface area contributed by atoms with Crippen LogP contribution in [0.5, 0.6) is 0 Å². The Hall–Kier alpha value is -0.670. The second-order valence-corrected chi connectivity index (χ2v) is 2.77. The van der Waals surface area contributed by atoms with Crippen molar-refractivity contribution in [1.29, 1.82) is 0 Å². The van der Waals surface area contributed by atoms with Gasteiger partial charge in [-0.25, -0.2) is 8.78 Å². The highest BCUT2D eigenvalue weighted by atomic mass is 35.5. The molecule has 1 aromatic rings. The Kier molecular flexibility index (Phi) is 4.88. The van der Waals surface area contributed by atoms with E-state index in [1.807, 2.05) is 6.92 Å². The van der Waals surface area contributed by atoms with E-state index in [0.717, 1.165) is 5.56 Å². The summed E-state index contributed by atoms with van der Waals surface area (Å²) in [5.41, 5.74) is 6.76. The number of benzene rings is 1. The third-order valence-corrected chi connectivity index (χ3v) is 1.73. The highest BCUT2D eigenvalue weighted by Gasteiger charge is 2.16. The minimum absolute atomic E-state index is 0. The van der Waals surface area contributed by atoms with Crippen molar-refractivity contribution in [2.75, 3.05) is 0 Å². The first-order valence-corrected chi connectivity index (χ1v) is 3.71. The lowest BCUT2D eigenvalue weighted by atomic mass is 10.1. The molecule has 0 aliphatic rings. The van der Waals surface area contributed by atoms with Crippen molar-refractivity contribution in [2.24, 2.45) is 5.73 Å². The largest absolute Gasteiger partial charge is 0.319 e. The van der Waals surface area contributed by atoms with Crippen LogP contribution in [0.3, 0.4) is 0 Å². The van der Waals surface area contributed by atoms with Gasteiger partial charge in [-0.05, 0) is 12.5 Å². The normalized spacial score (nSPS) is 12.4. The molecule has 1 nitrogen and oxygen atoms in total. The molecule has 0 unspecified atom stereocenters. The highest BCUT2D eigenvalue weighted by molar-refractivity contribution is 5.85. The predicted molar refractivity (Wildman–Crippen MR) is 51.4 cm³/mol. The summed E-state index contributed by atoms with van der Waals surface area (Å²) in [6.07, 6.45) is -2.49. The molecule has 0 aliphatic heterocycles. The standard InChI is InChI=1S/C9H11F2N.ClH/c1-6-2-4-7(5-3-6)8(12)9(10)11;/h2-5,8-9H,12H2,1H3;1H/t8-;/m1./s1. The van der Waals surface area contributed by atoms with Gasteiger partial charge >= 0.3 is 0 Å². The van der Waals surface area contributed by atoms with Crippen molar-refractivity contribution in [1.82, 2.24) is 0 Å². The Morgan fingerprint density at radius 3 is 2.00 bits per heavy atom. The van der Waals surface area contributed by atoms with Crippen LogP contribution in [-0.2, 0) is 0 Å². The second kappa shape index (κ2) is 5.14. The lowest BCUT2D eigenvalue weighted by Gasteiger charge is -2.10. The fourth-order valence-electron chi connectivity index (χ4n) is 0.934. The maximum atomic E-state index is 12.1. The van der Waals surface area contributed by atoms with Gasteiger partial charge in [-0.3, -0.25) is 0 Å². The van der Waals surface area contributed by atoms with Gasteiger partial charge in [0.05, 0.1) is 6.04 Å². The summed E-state index contributed by atoms with van der Waals surface area (Å²) < 4.78 is 24.2. The van der Waals surface area contributed by atoms with Crippen LogP contribution in [0.2, 0.25) is 0 Å². The van der Waals surface area contributed by atoms with E-state index in [1.54, 1.807) is 24.3 Å². The van der Waals surface area contributed by atoms with Gasteiger partial charge in [0.2, 0.25) is 0 Å². The van der Waals surface area contributed by atoms with E-state index in [4.69, 9.17) is 5.73 Å². The first-order valence-electron chi connectivity index (χ1n) is 3.71. The molecule has 0 bridgehead atoms. The number of halogens is 3. The number of aryl methyl sites for hydroxylation is 1. The second-order valence-electron chi connectivity index (χ2n) is 2.77. The molecule has 13 heavy (non-hydrogen) atoms. The Morgan fingerprint density at radius 2 is 1.62 bits per heavy atom. The Balaban J connectivity index is 0.00000144. The molecule has 4 heteroatoms. The molecule has 0 amide bonds. The maximum Gasteiger partial charge on any atom is 0.257 e. The summed E-state index contributed by atoms with van der Waals surface area (Å²) in [4.78, 5) is 0. The molecule has 74 valence electrons. The maximum absolute atomic E-state index is 12.1. The summed E-state index contributed by atoms with van der Waals surface area (Å²) in [6, 6.07) is 5.65. The van der Waals surface area contributed by atoms with Gasteiger partial charge < -0.3 is 5.73 Å². The molecule has 0 saturated carbocycles. The molecule has 1 rings (SSSR count). The van der Waals surface area contributed by atoms with Gasteiger partial charge in [-0.15, -0.1) is 12.4 Å². The zero-order valence-electron chi connectivity index (χ0n) is 7.21. The van der Waals surface area contributed by atoms with Gasteiger partial charge in [0, 0.05) is 0 Å². The van der Waals surface area contributed by atoms with Gasteiger partial charge in [0.15, 0.2) is 0 Å². The zero-order valence-corrected chi connectivity index (χ0v) is 8.02. The van der Waals surface area contributed by atoms with Crippen LogP contribution in [0.15, 0.2) is 24.3 Å². The minimum atomic E-state index is -2.49. The van der Waals surface area contributed by atoms with Crippen molar-refractivity contribution in [3.8, 4) is 0 Å². The number of rotatable bonds is 2. The minimum Gasteiger partial charge on any atom is -0.319 e. The van der Waals surface area contributed by atoms with E-state index in [2.05, 4.69) is 0 Å². The molecule has 0 heterocycles. The van der Waals surface area contributed by atoms with Crippen molar-refractivity contribution < 1.29 is 8.78 Å². The third-order valence-electron chi connectivity index (χ3n) is 1.73. The van der Waals surface area contributed by atoms with Gasteiger partial charge in [-0.1, -0.05) is 29.8 Å². The molecule has 0 aromatic heterocycles. The summed E-state index contributed by atoms with van der Waals surface area (Å²) in [5, 5.41) is 0. The highest BCUT2D eigenvalue weighted by Crippen LogP contribution is 2.17. The SMILES string of the molecule is Cc1ccc([C@@H](N)C(F)F)cc1.Cl. The lowest BCUT2D eigenvalue weighted by molar-refractivity contribution is 0.116. The Bertz CT molecular complexity index is 248. The van der Waals surface area contributed by atoms with Crippen LogP contribution >= 0.6 is 12.4 Å². The molecule has 2 N–H and O–H groups in total. The van der Waals surface area contributed by atoms with Crippen LogP contribution in [0, 0.1) is 6.92 Å². The average molecular weight is 208 g/mol. The van der Waals surface area contributed by atoms with Gasteiger partial charge in [-0.2, -0.15) is 0 Å². The Morgan fingerprint density at radius 1 is 1.15 bits per heavy atom. The number of hydrogen-bond donors (Lipinski definition) is 1. The van der Waals surface area contributed by atoms with Crippen molar-refractivity contribution >= 4 is 12.4 Å². The summed E-state index contributed by atoms with van der Waals surface area (Å²) in [6.45, 7) is 1.90. The van der Waals surface area contributed by atoms with E-state index in [9.17, 15) is 8.78 Å². The molecule has 0 aliphatic carbocycles. The van der Waals surface area contributed by atoms with Crippen LogP contribution in [0.1, 0.15) is 17.2 Å². The first-order chi connectivity index (χ1) is 5.61. The number of nitrogens with two attached hydrogens (primary N) is 1. The first kappa shape index (κ1) is 12.3. The van der Waals surface area contributed by atoms with E-state index in [-0.39, 0.29) is 12.4 Å². The number of alkyl halides is 2. The van der Waals surface area contributed by atoms with Crippen LogP contribution < -0.4 is 5.73 Å². The van der Waals surface area contributed by atoms with E-state index in [0.29, 0.717) is 5.56 Å². The van der Waals surface area contributed by atoms with E-state index < -0.39 is 12.5 Å². The van der Waals surface area contributed by atoms with Gasteiger partial charge in [0.1, 0.15) is 0 Å². The van der Waals surface area contributed by atoms with Crippen LogP contribution in [0.25, 0.3) is 0 Å². The third kappa shape index (κ3) is 3.28. The molecule has 1 atom stereocenters.